The van der Waals surface area contributed by atoms with Crippen LogP contribution in [0.3, 0.4) is 0 Å². The van der Waals surface area contributed by atoms with Crippen LogP contribution in [0.5, 0.6) is 0 Å². The Morgan fingerprint density at radius 3 is 2.67 bits per heavy atom. The molecule has 2 aliphatic carbocycles. The molecule has 2 saturated carbocycles. The Balaban J connectivity index is 1.32. The third-order valence-corrected chi connectivity index (χ3v) is 4.50. The second-order valence-electron chi connectivity index (χ2n) is 5.91. The van der Waals surface area contributed by atoms with Crippen molar-refractivity contribution < 1.29 is 19.3 Å². The number of hydrogen-bond donors (Lipinski definition) is 0. The molecular formula is C14H22O4. The minimum atomic E-state index is -0.161. The van der Waals surface area contributed by atoms with Gasteiger partial charge in [-0.1, -0.05) is 19.3 Å². The SMILES string of the molecule is O=C(OOCC1CCC2OC2C1)C1CCCCC1. The molecular weight excluding hydrogens is 232 g/mol. The normalized spacial score (nSPS) is 35.9. The number of ether oxygens (including phenoxy) is 1. The van der Waals surface area contributed by atoms with Crippen LogP contribution in [-0.2, 0) is 19.3 Å². The van der Waals surface area contributed by atoms with E-state index in [1.807, 2.05) is 0 Å². The highest BCUT2D eigenvalue weighted by Gasteiger charge is 2.43. The molecule has 3 aliphatic rings. The molecule has 0 bridgehead atoms. The molecule has 0 N–H and O–H groups in total. The maximum Gasteiger partial charge on any atom is 0.345 e. The fraction of sp³-hybridized carbons (Fsp3) is 0.929. The van der Waals surface area contributed by atoms with Crippen LogP contribution in [0.4, 0.5) is 0 Å². The predicted octanol–water partition coefficient (Wildman–Crippen LogP) is 2.61. The number of carbonyl (C=O) groups excluding carboxylic acids is 1. The second kappa shape index (κ2) is 5.57. The van der Waals surface area contributed by atoms with Crippen molar-refractivity contribution in [2.75, 3.05) is 6.61 Å². The van der Waals surface area contributed by atoms with Gasteiger partial charge in [-0.05, 0) is 38.0 Å². The highest BCUT2D eigenvalue weighted by Crippen LogP contribution is 2.39. The van der Waals surface area contributed by atoms with Crippen molar-refractivity contribution in [2.24, 2.45) is 11.8 Å². The van der Waals surface area contributed by atoms with Crippen LogP contribution >= 0.6 is 0 Å². The van der Waals surface area contributed by atoms with Gasteiger partial charge in [0.15, 0.2) is 0 Å². The van der Waals surface area contributed by atoms with Gasteiger partial charge in [-0.3, -0.25) is 4.89 Å². The summed E-state index contributed by atoms with van der Waals surface area (Å²) in [4.78, 5) is 21.8. The average molecular weight is 254 g/mol. The monoisotopic (exact) mass is 254 g/mol. The van der Waals surface area contributed by atoms with Crippen molar-refractivity contribution in [1.82, 2.24) is 0 Å². The number of fused-ring (bicyclic) bond motifs is 1. The van der Waals surface area contributed by atoms with Crippen LogP contribution in [0.25, 0.3) is 0 Å². The molecule has 3 unspecified atom stereocenters. The molecule has 0 aromatic rings. The van der Waals surface area contributed by atoms with Crippen molar-refractivity contribution in [3.63, 3.8) is 0 Å². The largest absolute Gasteiger partial charge is 0.370 e. The molecule has 0 spiro atoms. The summed E-state index contributed by atoms with van der Waals surface area (Å²) in [6.07, 6.45) is 9.75. The third-order valence-electron chi connectivity index (χ3n) is 4.50. The highest BCUT2D eigenvalue weighted by atomic mass is 17.2. The molecule has 102 valence electrons. The summed E-state index contributed by atoms with van der Waals surface area (Å²) < 4.78 is 5.47. The van der Waals surface area contributed by atoms with Crippen molar-refractivity contribution in [3.05, 3.63) is 0 Å². The predicted molar refractivity (Wildman–Crippen MR) is 64.6 cm³/mol. The molecule has 1 aliphatic heterocycles. The van der Waals surface area contributed by atoms with Crippen LogP contribution in [0.2, 0.25) is 0 Å². The zero-order valence-corrected chi connectivity index (χ0v) is 10.8. The molecule has 3 rings (SSSR count). The Morgan fingerprint density at radius 2 is 1.89 bits per heavy atom. The fourth-order valence-electron chi connectivity index (χ4n) is 3.23. The van der Waals surface area contributed by atoms with Crippen LogP contribution in [-0.4, -0.2) is 24.8 Å². The van der Waals surface area contributed by atoms with Gasteiger partial charge < -0.3 is 4.74 Å². The summed E-state index contributed by atoms with van der Waals surface area (Å²) >= 11 is 0. The van der Waals surface area contributed by atoms with Gasteiger partial charge in [-0.25, -0.2) is 4.79 Å². The highest BCUT2D eigenvalue weighted by molar-refractivity contribution is 5.71. The quantitative estimate of drug-likeness (QED) is 0.439. The van der Waals surface area contributed by atoms with Gasteiger partial charge in [0.2, 0.25) is 0 Å². The molecule has 3 atom stereocenters. The first-order chi connectivity index (χ1) is 8.83. The maximum atomic E-state index is 11.7. The summed E-state index contributed by atoms with van der Waals surface area (Å²) in [5.74, 6) is 0.403. The van der Waals surface area contributed by atoms with E-state index in [1.165, 1.54) is 6.42 Å². The van der Waals surface area contributed by atoms with E-state index in [0.717, 1.165) is 44.9 Å². The Hall–Kier alpha value is -0.610. The van der Waals surface area contributed by atoms with Gasteiger partial charge in [0.1, 0.15) is 0 Å². The van der Waals surface area contributed by atoms with Gasteiger partial charge in [0.05, 0.1) is 24.7 Å². The Bertz CT molecular complexity index is 298. The molecule has 1 heterocycles. The van der Waals surface area contributed by atoms with Gasteiger partial charge in [-0.2, -0.15) is 4.89 Å². The average Bonchev–Trinajstić information content (AvgIpc) is 3.18. The van der Waals surface area contributed by atoms with E-state index in [2.05, 4.69) is 0 Å². The van der Waals surface area contributed by atoms with E-state index in [9.17, 15) is 4.79 Å². The zero-order valence-electron chi connectivity index (χ0n) is 10.8. The van der Waals surface area contributed by atoms with E-state index < -0.39 is 0 Å². The Labute approximate surface area is 108 Å². The van der Waals surface area contributed by atoms with Crippen LogP contribution < -0.4 is 0 Å². The molecule has 0 aromatic heterocycles. The summed E-state index contributed by atoms with van der Waals surface area (Å²) in [6.45, 7) is 0.533. The van der Waals surface area contributed by atoms with E-state index in [0.29, 0.717) is 24.7 Å². The fourth-order valence-corrected chi connectivity index (χ4v) is 3.23. The summed E-state index contributed by atoms with van der Waals surface area (Å²) in [5.41, 5.74) is 0. The van der Waals surface area contributed by atoms with Crippen molar-refractivity contribution >= 4 is 5.97 Å². The second-order valence-corrected chi connectivity index (χ2v) is 5.91. The summed E-state index contributed by atoms with van der Waals surface area (Å²) in [7, 11) is 0. The van der Waals surface area contributed by atoms with Gasteiger partial charge >= 0.3 is 5.97 Å². The summed E-state index contributed by atoms with van der Waals surface area (Å²) in [6, 6.07) is 0. The minimum absolute atomic E-state index is 0.0706. The molecule has 1 saturated heterocycles. The molecule has 0 radical (unpaired) electrons. The lowest BCUT2D eigenvalue weighted by atomic mass is 9.89. The van der Waals surface area contributed by atoms with Crippen molar-refractivity contribution in [1.29, 1.82) is 0 Å². The number of epoxide rings is 1. The lowest BCUT2D eigenvalue weighted by molar-refractivity contribution is -0.283. The first kappa shape index (κ1) is 12.4. The topological polar surface area (TPSA) is 48.1 Å². The van der Waals surface area contributed by atoms with Crippen LogP contribution in [0.15, 0.2) is 0 Å². The Kier molecular flexibility index (Phi) is 3.85. The smallest absolute Gasteiger partial charge is 0.345 e. The first-order valence-electron chi connectivity index (χ1n) is 7.31. The molecule has 18 heavy (non-hydrogen) atoms. The lowest BCUT2D eigenvalue weighted by Crippen LogP contribution is -2.23. The number of rotatable bonds is 4. The van der Waals surface area contributed by atoms with E-state index in [1.54, 1.807) is 0 Å². The molecule has 4 nitrogen and oxygen atoms in total. The number of hydrogen-bond acceptors (Lipinski definition) is 4. The van der Waals surface area contributed by atoms with Gasteiger partial charge in [0.25, 0.3) is 0 Å². The van der Waals surface area contributed by atoms with Gasteiger partial charge in [0, 0.05) is 0 Å². The Morgan fingerprint density at radius 1 is 1.06 bits per heavy atom. The van der Waals surface area contributed by atoms with E-state index in [-0.39, 0.29) is 11.9 Å². The van der Waals surface area contributed by atoms with E-state index >= 15 is 0 Å². The van der Waals surface area contributed by atoms with Crippen LogP contribution in [0, 0.1) is 11.8 Å². The standard InChI is InChI=1S/C14H22O4/c15-14(11-4-2-1-3-5-11)18-16-9-10-6-7-12-13(8-10)17-12/h10-13H,1-9H2. The van der Waals surface area contributed by atoms with Crippen molar-refractivity contribution in [2.45, 2.75) is 63.6 Å². The summed E-state index contributed by atoms with van der Waals surface area (Å²) in [5, 5.41) is 0. The maximum absolute atomic E-state index is 11.7. The third kappa shape index (κ3) is 3.04. The van der Waals surface area contributed by atoms with Crippen LogP contribution in [0.1, 0.15) is 51.4 Å². The zero-order chi connectivity index (χ0) is 12.4. The molecule has 0 amide bonds. The molecule has 3 fully saturated rings. The number of carbonyl (C=O) groups is 1. The van der Waals surface area contributed by atoms with Gasteiger partial charge in [-0.15, -0.1) is 0 Å². The van der Waals surface area contributed by atoms with E-state index in [4.69, 9.17) is 14.5 Å². The first-order valence-corrected chi connectivity index (χ1v) is 7.31. The lowest BCUT2D eigenvalue weighted by Gasteiger charge is -2.20. The molecule has 0 aromatic carbocycles. The minimum Gasteiger partial charge on any atom is -0.370 e. The van der Waals surface area contributed by atoms with Crippen molar-refractivity contribution in [3.8, 4) is 0 Å². The molecule has 4 heteroatoms.